The third kappa shape index (κ3) is 3.96. The Morgan fingerprint density at radius 2 is 2.00 bits per heavy atom. The van der Waals surface area contributed by atoms with Crippen molar-refractivity contribution in [3.63, 3.8) is 0 Å². The van der Waals surface area contributed by atoms with E-state index < -0.39 is 11.6 Å². The first-order valence-electron chi connectivity index (χ1n) is 9.34. The number of carbonyl (C=O) groups excluding carboxylic acids is 1. The second kappa shape index (κ2) is 8.67. The number of piperidine rings is 1. The lowest BCUT2D eigenvalue weighted by Gasteiger charge is -2.43. The first-order valence-corrected chi connectivity index (χ1v) is 9.72. The van der Waals surface area contributed by atoms with Gasteiger partial charge in [0.1, 0.15) is 0 Å². The topological polar surface area (TPSA) is 74.2 Å². The Morgan fingerprint density at radius 3 is 2.72 bits per heavy atom. The zero-order valence-corrected chi connectivity index (χ0v) is 17.6. The van der Waals surface area contributed by atoms with Crippen molar-refractivity contribution in [1.29, 1.82) is 0 Å². The van der Waals surface area contributed by atoms with Crippen molar-refractivity contribution in [2.45, 2.75) is 25.0 Å². The van der Waals surface area contributed by atoms with E-state index in [0.29, 0.717) is 46.7 Å². The molecule has 1 amide bonds. The Bertz CT molecular complexity index is 1030. The molecule has 2 aromatic carbocycles. The number of aliphatic hydroxyl groups excluding tert-OH is 1. The Balaban J connectivity index is 0.00000240. The van der Waals surface area contributed by atoms with Crippen LogP contribution in [0.15, 0.2) is 54.6 Å². The maximum atomic E-state index is 13.4. The number of amides is 1. The Labute approximate surface area is 180 Å². The van der Waals surface area contributed by atoms with E-state index in [0.717, 1.165) is 5.56 Å². The van der Waals surface area contributed by atoms with Crippen LogP contribution in [0.1, 0.15) is 28.0 Å². The number of carbonyl (C=O) groups is 1. The average Bonchev–Trinajstić information content (AvgIpc) is 2.70. The molecule has 0 bridgehead atoms. The summed E-state index contributed by atoms with van der Waals surface area (Å²) in [5.74, 6) is -0.248. The number of para-hydroxylation sites is 1. The molecule has 2 heterocycles. The minimum Gasteiger partial charge on any atom is -0.389 e. The minimum atomic E-state index is -0.855. The second-order valence-electron chi connectivity index (χ2n) is 7.21. The summed E-state index contributed by atoms with van der Waals surface area (Å²) in [6, 6.07) is 16.8. The van der Waals surface area contributed by atoms with E-state index >= 15 is 0 Å². The molecule has 1 aliphatic heterocycles. The number of aromatic nitrogens is 1. The van der Waals surface area contributed by atoms with Crippen LogP contribution in [0.4, 0.5) is 0 Å². The van der Waals surface area contributed by atoms with E-state index in [1.165, 1.54) is 0 Å². The molecule has 7 heteroatoms. The van der Waals surface area contributed by atoms with Crippen LogP contribution in [0.5, 0.6) is 0 Å². The number of benzene rings is 2. The normalized spacial score (nSPS) is 21.4. The van der Waals surface area contributed by atoms with Gasteiger partial charge in [0, 0.05) is 17.6 Å². The molecule has 3 N–H and O–H groups in total. The summed E-state index contributed by atoms with van der Waals surface area (Å²) in [6.45, 7) is 2.96. The van der Waals surface area contributed by atoms with Crippen molar-refractivity contribution in [2.24, 2.45) is 0 Å². The summed E-state index contributed by atoms with van der Waals surface area (Å²) in [7, 11) is 0. The SMILES string of the molecule is Cc1cc(C(=O)N[C@@]2(c3ccccc3)CCNC[C@H]2O)c2cccc(Cl)c2n1.Cl. The first kappa shape index (κ1) is 21.5. The molecule has 0 saturated carbocycles. The van der Waals surface area contributed by atoms with Crippen LogP contribution >= 0.6 is 24.0 Å². The largest absolute Gasteiger partial charge is 0.389 e. The molecule has 1 aromatic heterocycles. The number of nitrogens with one attached hydrogen (secondary N) is 2. The van der Waals surface area contributed by atoms with Crippen molar-refractivity contribution in [3.8, 4) is 0 Å². The fraction of sp³-hybridized carbons (Fsp3) is 0.273. The zero-order valence-electron chi connectivity index (χ0n) is 16.0. The van der Waals surface area contributed by atoms with E-state index in [9.17, 15) is 9.90 Å². The van der Waals surface area contributed by atoms with Crippen molar-refractivity contribution >= 4 is 40.8 Å². The van der Waals surface area contributed by atoms with Gasteiger partial charge in [-0.15, -0.1) is 12.4 Å². The molecule has 0 spiro atoms. The van der Waals surface area contributed by atoms with E-state index in [-0.39, 0.29) is 18.3 Å². The molecule has 1 saturated heterocycles. The van der Waals surface area contributed by atoms with Crippen LogP contribution in [-0.2, 0) is 5.54 Å². The van der Waals surface area contributed by atoms with Crippen molar-refractivity contribution in [1.82, 2.24) is 15.6 Å². The molecular formula is C22H23Cl2N3O2. The van der Waals surface area contributed by atoms with Gasteiger partial charge in [-0.1, -0.05) is 54.1 Å². The minimum absolute atomic E-state index is 0. The van der Waals surface area contributed by atoms with E-state index in [1.807, 2.05) is 49.4 Å². The summed E-state index contributed by atoms with van der Waals surface area (Å²) >= 11 is 6.30. The molecule has 1 aliphatic rings. The Hall–Kier alpha value is -2.18. The molecular weight excluding hydrogens is 409 g/mol. The summed E-state index contributed by atoms with van der Waals surface area (Å²) in [6.07, 6.45) is -0.155. The summed E-state index contributed by atoms with van der Waals surface area (Å²) in [5.41, 5.74) is 1.86. The fourth-order valence-corrected chi connectivity index (χ4v) is 4.17. The molecule has 3 aromatic rings. The van der Waals surface area contributed by atoms with Crippen molar-refractivity contribution in [2.75, 3.05) is 13.1 Å². The smallest absolute Gasteiger partial charge is 0.252 e. The van der Waals surface area contributed by atoms with E-state index in [4.69, 9.17) is 11.6 Å². The molecule has 4 rings (SSSR count). The summed E-state index contributed by atoms with van der Waals surface area (Å²) < 4.78 is 0. The number of fused-ring (bicyclic) bond motifs is 1. The predicted molar refractivity (Wildman–Crippen MR) is 118 cm³/mol. The lowest BCUT2D eigenvalue weighted by Crippen LogP contribution is -2.61. The number of halogens is 2. The van der Waals surface area contributed by atoms with Crippen LogP contribution < -0.4 is 10.6 Å². The van der Waals surface area contributed by atoms with E-state index in [2.05, 4.69) is 15.6 Å². The van der Waals surface area contributed by atoms with Crippen LogP contribution in [-0.4, -0.2) is 35.2 Å². The maximum Gasteiger partial charge on any atom is 0.252 e. The second-order valence-corrected chi connectivity index (χ2v) is 7.62. The van der Waals surface area contributed by atoms with E-state index in [1.54, 1.807) is 12.1 Å². The van der Waals surface area contributed by atoms with Gasteiger partial charge in [-0.05, 0) is 37.6 Å². The van der Waals surface area contributed by atoms with Crippen LogP contribution in [0, 0.1) is 6.92 Å². The first-order chi connectivity index (χ1) is 13.5. The standard InChI is InChI=1S/C22H22ClN3O2.ClH/c1-14-12-17(16-8-5-9-18(23)20(16)25-14)21(28)26-22(10-11-24-13-19(22)27)15-6-3-2-4-7-15;/h2-9,12,19,24,27H,10-11,13H2,1H3,(H,26,28);1H/t19-,22-;/m1./s1. The van der Waals surface area contributed by atoms with Crippen LogP contribution in [0.2, 0.25) is 5.02 Å². The molecule has 5 nitrogen and oxygen atoms in total. The van der Waals surface area contributed by atoms with Gasteiger partial charge in [0.15, 0.2) is 0 Å². The van der Waals surface area contributed by atoms with Gasteiger partial charge in [0.05, 0.1) is 27.7 Å². The third-order valence-corrected chi connectivity index (χ3v) is 5.70. The molecule has 0 aliphatic carbocycles. The Morgan fingerprint density at radius 1 is 1.24 bits per heavy atom. The molecule has 1 fully saturated rings. The van der Waals surface area contributed by atoms with Crippen LogP contribution in [0.25, 0.3) is 10.9 Å². The van der Waals surface area contributed by atoms with Gasteiger partial charge < -0.3 is 15.7 Å². The Kier molecular flexibility index (Phi) is 6.44. The average molecular weight is 432 g/mol. The lowest BCUT2D eigenvalue weighted by atomic mass is 9.79. The molecule has 29 heavy (non-hydrogen) atoms. The van der Waals surface area contributed by atoms with Crippen LogP contribution in [0.3, 0.4) is 0 Å². The zero-order chi connectivity index (χ0) is 19.7. The number of aliphatic hydroxyl groups is 1. The van der Waals surface area contributed by atoms with Crippen molar-refractivity contribution < 1.29 is 9.90 Å². The molecule has 2 atom stereocenters. The van der Waals surface area contributed by atoms with Crippen molar-refractivity contribution in [3.05, 3.63) is 76.4 Å². The number of rotatable bonds is 3. The third-order valence-electron chi connectivity index (χ3n) is 5.39. The number of aryl methyl sites for hydroxylation is 1. The quantitative estimate of drug-likeness (QED) is 0.592. The highest BCUT2D eigenvalue weighted by atomic mass is 35.5. The maximum absolute atomic E-state index is 13.4. The van der Waals surface area contributed by atoms with Gasteiger partial charge in [-0.2, -0.15) is 0 Å². The number of pyridine rings is 1. The molecule has 0 radical (unpaired) electrons. The highest BCUT2D eigenvalue weighted by Crippen LogP contribution is 2.32. The molecule has 152 valence electrons. The highest BCUT2D eigenvalue weighted by Gasteiger charge is 2.43. The summed E-state index contributed by atoms with van der Waals surface area (Å²) in [4.78, 5) is 17.9. The number of hydrogen-bond donors (Lipinski definition) is 3. The van der Waals surface area contributed by atoms with Gasteiger partial charge >= 0.3 is 0 Å². The molecule has 0 unspecified atom stereocenters. The van der Waals surface area contributed by atoms with Gasteiger partial charge in [-0.25, -0.2) is 0 Å². The monoisotopic (exact) mass is 431 g/mol. The number of hydrogen-bond acceptors (Lipinski definition) is 4. The summed E-state index contributed by atoms with van der Waals surface area (Å²) in [5, 5.41) is 18.4. The predicted octanol–water partition coefficient (Wildman–Crippen LogP) is 3.60. The van der Waals surface area contributed by atoms with Gasteiger partial charge in [0.2, 0.25) is 0 Å². The highest BCUT2D eigenvalue weighted by molar-refractivity contribution is 6.35. The number of β-amino-alcohol motifs (C(OH)–C–C–N with tert-alkyl or cyclic N) is 1. The number of nitrogens with zero attached hydrogens (tertiary/aromatic N) is 1. The van der Waals surface area contributed by atoms with Gasteiger partial charge in [0.25, 0.3) is 5.91 Å². The lowest BCUT2D eigenvalue weighted by molar-refractivity contribution is 0.0290. The van der Waals surface area contributed by atoms with Gasteiger partial charge in [-0.3, -0.25) is 9.78 Å². The fourth-order valence-electron chi connectivity index (χ4n) is 3.95.